The second-order valence-corrected chi connectivity index (χ2v) is 4.36. The summed E-state index contributed by atoms with van der Waals surface area (Å²) in [6, 6.07) is 18.3. The maximum Gasteiger partial charge on any atom is 0.128 e. The van der Waals surface area contributed by atoms with Gasteiger partial charge in [-0.05, 0) is 22.8 Å². The van der Waals surface area contributed by atoms with Gasteiger partial charge in [0.1, 0.15) is 5.94 Å². The Morgan fingerprint density at radius 1 is 0.833 bits per heavy atom. The van der Waals surface area contributed by atoms with Crippen LogP contribution in [0.25, 0.3) is 6.08 Å². The van der Waals surface area contributed by atoms with Crippen molar-refractivity contribution in [2.45, 2.75) is 5.92 Å². The van der Waals surface area contributed by atoms with Crippen LogP contribution >= 0.6 is 0 Å². The molecular weight excluding hydrogens is 220 g/mol. The van der Waals surface area contributed by atoms with Crippen LogP contribution in [0.2, 0.25) is 0 Å². The van der Waals surface area contributed by atoms with E-state index in [1.165, 1.54) is 11.1 Å². The third kappa shape index (κ3) is 1.71. The van der Waals surface area contributed by atoms with Crippen LogP contribution in [0.5, 0.6) is 0 Å². The molecule has 1 nitrogen and oxygen atoms in total. The Morgan fingerprint density at radius 2 is 1.56 bits per heavy atom. The van der Waals surface area contributed by atoms with Crippen molar-refractivity contribution >= 4 is 12.0 Å². The number of rotatable bonds is 1. The van der Waals surface area contributed by atoms with E-state index in [-0.39, 0.29) is 5.92 Å². The van der Waals surface area contributed by atoms with Crippen LogP contribution in [0, 0.1) is 0 Å². The van der Waals surface area contributed by atoms with Crippen LogP contribution < -0.4 is 0 Å². The number of fused-ring (bicyclic) bond motifs is 1. The molecule has 0 unspecified atom stereocenters. The highest BCUT2D eigenvalue weighted by molar-refractivity contribution is 5.74. The first-order valence-corrected chi connectivity index (χ1v) is 5.97. The molecule has 0 radical (unpaired) electrons. The Morgan fingerprint density at radius 3 is 2.33 bits per heavy atom. The molecule has 2 aromatic rings. The van der Waals surface area contributed by atoms with Crippen LogP contribution in [0.4, 0.5) is 0 Å². The molecule has 0 fully saturated rings. The van der Waals surface area contributed by atoms with Gasteiger partial charge < -0.3 is 0 Å². The van der Waals surface area contributed by atoms with E-state index in [4.69, 9.17) is 0 Å². The number of benzene rings is 2. The predicted molar refractivity (Wildman–Crippen MR) is 73.0 cm³/mol. The van der Waals surface area contributed by atoms with Gasteiger partial charge >= 0.3 is 0 Å². The van der Waals surface area contributed by atoms with Gasteiger partial charge in [0.25, 0.3) is 0 Å². The van der Waals surface area contributed by atoms with Crippen molar-refractivity contribution in [3.05, 3.63) is 82.9 Å². The zero-order valence-corrected chi connectivity index (χ0v) is 9.84. The normalized spacial score (nSPS) is 17.1. The summed E-state index contributed by atoms with van der Waals surface area (Å²) in [5.41, 5.74) is 4.17. The summed E-state index contributed by atoms with van der Waals surface area (Å²) in [4.78, 5) is 11.1. The Hall–Kier alpha value is -2.37. The topological polar surface area (TPSA) is 17.1 Å². The van der Waals surface area contributed by atoms with Crippen molar-refractivity contribution in [3.8, 4) is 0 Å². The minimum Gasteiger partial charge on any atom is -0.233 e. The Labute approximate surface area is 106 Å². The lowest BCUT2D eigenvalue weighted by Gasteiger charge is -2.22. The molecule has 0 aliphatic heterocycles. The van der Waals surface area contributed by atoms with Gasteiger partial charge in [-0.1, -0.05) is 60.7 Å². The molecule has 3 rings (SSSR count). The van der Waals surface area contributed by atoms with E-state index in [0.717, 1.165) is 5.56 Å². The summed E-state index contributed by atoms with van der Waals surface area (Å²) in [6.07, 6.45) is 3.85. The minimum absolute atomic E-state index is 0.00454. The maximum absolute atomic E-state index is 11.1. The summed E-state index contributed by atoms with van der Waals surface area (Å²) >= 11 is 0. The van der Waals surface area contributed by atoms with Gasteiger partial charge in [-0.25, -0.2) is 4.79 Å². The van der Waals surface area contributed by atoms with Crippen molar-refractivity contribution < 1.29 is 4.79 Å². The summed E-state index contributed by atoms with van der Waals surface area (Å²) in [5, 5.41) is 0. The number of carbonyl (C=O) groups excluding carboxylic acids is 1. The Bertz CT molecular complexity index is 646. The number of hydrogen-bond donors (Lipinski definition) is 0. The van der Waals surface area contributed by atoms with Crippen molar-refractivity contribution in [1.29, 1.82) is 0 Å². The lowest BCUT2D eigenvalue weighted by Crippen LogP contribution is -2.09. The fourth-order valence-electron chi connectivity index (χ4n) is 2.47. The molecule has 0 heterocycles. The summed E-state index contributed by atoms with van der Waals surface area (Å²) < 4.78 is 0. The smallest absolute Gasteiger partial charge is 0.128 e. The summed E-state index contributed by atoms with van der Waals surface area (Å²) in [7, 11) is 0. The second-order valence-electron chi connectivity index (χ2n) is 4.36. The molecule has 0 aromatic heterocycles. The number of hydrogen-bond acceptors (Lipinski definition) is 1. The third-order valence-electron chi connectivity index (χ3n) is 3.31. The molecule has 0 amide bonds. The fourth-order valence-corrected chi connectivity index (χ4v) is 2.47. The maximum atomic E-state index is 11.1. The van der Waals surface area contributed by atoms with Gasteiger partial charge in [0, 0.05) is 11.5 Å². The monoisotopic (exact) mass is 232 g/mol. The van der Waals surface area contributed by atoms with Gasteiger partial charge in [0.05, 0.1) is 0 Å². The molecule has 18 heavy (non-hydrogen) atoms. The van der Waals surface area contributed by atoms with Gasteiger partial charge in [-0.15, -0.1) is 0 Å². The first-order valence-electron chi connectivity index (χ1n) is 5.97. The predicted octanol–water partition coefficient (Wildman–Crippen LogP) is 3.60. The number of allylic oxidation sites excluding steroid dienone is 2. The average Bonchev–Trinajstić information content (AvgIpc) is 2.47. The standard InChI is InChI=1S/C17H12O/c18-12-15-11-10-13-6-4-5-9-16(13)17(15)14-7-2-1-3-8-14/h1-11,17H/t17-/m0/s1. The van der Waals surface area contributed by atoms with Crippen LogP contribution in [0.1, 0.15) is 22.6 Å². The molecule has 0 saturated heterocycles. The molecule has 1 aliphatic rings. The second kappa shape index (κ2) is 4.48. The zero-order valence-electron chi connectivity index (χ0n) is 9.84. The molecule has 1 heteroatoms. The van der Waals surface area contributed by atoms with Crippen LogP contribution in [0.3, 0.4) is 0 Å². The largest absolute Gasteiger partial charge is 0.233 e. The van der Waals surface area contributed by atoms with E-state index < -0.39 is 0 Å². The third-order valence-corrected chi connectivity index (χ3v) is 3.31. The lowest BCUT2D eigenvalue weighted by atomic mass is 9.80. The van der Waals surface area contributed by atoms with Gasteiger partial charge in [-0.2, -0.15) is 0 Å². The molecule has 1 atom stereocenters. The molecular formula is C17H12O. The average molecular weight is 232 g/mol. The van der Waals surface area contributed by atoms with E-state index in [2.05, 4.69) is 30.2 Å². The summed E-state index contributed by atoms with van der Waals surface area (Å²) in [6.45, 7) is 0. The van der Waals surface area contributed by atoms with E-state index in [9.17, 15) is 4.79 Å². The van der Waals surface area contributed by atoms with E-state index in [1.54, 1.807) is 0 Å². The SMILES string of the molecule is O=C=C1C=Cc2ccccc2[C@H]1c1ccccc1. The molecule has 0 spiro atoms. The highest BCUT2D eigenvalue weighted by Crippen LogP contribution is 2.37. The molecule has 0 bridgehead atoms. The zero-order chi connectivity index (χ0) is 12.4. The van der Waals surface area contributed by atoms with E-state index in [0.29, 0.717) is 5.57 Å². The van der Waals surface area contributed by atoms with E-state index >= 15 is 0 Å². The highest BCUT2D eigenvalue weighted by atomic mass is 16.1. The van der Waals surface area contributed by atoms with Gasteiger partial charge in [0.15, 0.2) is 0 Å². The molecule has 86 valence electrons. The van der Waals surface area contributed by atoms with Gasteiger partial charge in [-0.3, -0.25) is 0 Å². The quantitative estimate of drug-likeness (QED) is 0.686. The first kappa shape index (κ1) is 10.8. The molecule has 1 aliphatic carbocycles. The minimum atomic E-state index is 0.00454. The van der Waals surface area contributed by atoms with Crippen molar-refractivity contribution in [3.63, 3.8) is 0 Å². The van der Waals surface area contributed by atoms with Crippen LogP contribution in [-0.2, 0) is 4.79 Å². The molecule has 0 N–H and O–H groups in total. The molecule has 2 aromatic carbocycles. The van der Waals surface area contributed by atoms with Crippen molar-refractivity contribution in [2.24, 2.45) is 0 Å². The Kier molecular flexibility index (Phi) is 2.68. The van der Waals surface area contributed by atoms with Crippen LogP contribution in [-0.4, -0.2) is 5.94 Å². The van der Waals surface area contributed by atoms with Crippen molar-refractivity contribution in [1.82, 2.24) is 0 Å². The fraction of sp³-hybridized carbons (Fsp3) is 0.0588. The van der Waals surface area contributed by atoms with Crippen molar-refractivity contribution in [2.75, 3.05) is 0 Å². The Balaban J connectivity index is 2.22. The molecule has 0 saturated carbocycles. The first-order chi connectivity index (χ1) is 8.90. The summed E-state index contributed by atoms with van der Waals surface area (Å²) in [5.74, 6) is 2.08. The lowest BCUT2D eigenvalue weighted by molar-refractivity contribution is 0.566. The van der Waals surface area contributed by atoms with Gasteiger partial charge in [0.2, 0.25) is 0 Å². The van der Waals surface area contributed by atoms with E-state index in [1.807, 2.05) is 42.5 Å². The highest BCUT2D eigenvalue weighted by Gasteiger charge is 2.23. The van der Waals surface area contributed by atoms with Crippen LogP contribution in [0.15, 0.2) is 66.2 Å².